The molecular formula is C19H32O7S. The average molecular weight is 405 g/mol. The predicted octanol–water partition coefficient (Wildman–Crippen LogP) is 2.31. The first kappa shape index (κ1) is 23.9. The number of Topliss-reactive ketones (excluding diaryl/α,β-unsaturated/α-hetero) is 1. The van der Waals surface area contributed by atoms with Crippen molar-refractivity contribution >= 4 is 29.5 Å². The van der Waals surface area contributed by atoms with Crippen LogP contribution < -0.4 is 0 Å². The van der Waals surface area contributed by atoms with E-state index in [1.165, 1.54) is 0 Å². The molecule has 0 bridgehead atoms. The fourth-order valence-corrected chi connectivity index (χ4v) is 3.99. The molecule has 0 aromatic heterocycles. The van der Waals surface area contributed by atoms with E-state index in [-0.39, 0.29) is 18.3 Å². The molecule has 4 atom stereocenters. The lowest BCUT2D eigenvalue weighted by Gasteiger charge is -2.21. The highest BCUT2D eigenvalue weighted by atomic mass is 32.2. The molecule has 1 unspecified atom stereocenters. The summed E-state index contributed by atoms with van der Waals surface area (Å²) in [6.07, 6.45) is 4.89. The van der Waals surface area contributed by atoms with E-state index in [2.05, 4.69) is 0 Å². The molecule has 1 aliphatic rings. The number of cyclic esters (lactones) is 1. The summed E-state index contributed by atoms with van der Waals surface area (Å²) in [6.45, 7) is 1.80. The minimum Gasteiger partial charge on any atom is -0.479 e. The van der Waals surface area contributed by atoms with E-state index in [1.807, 2.05) is 0 Å². The molecule has 0 amide bonds. The van der Waals surface area contributed by atoms with E-state index in [1.54, 1.807) is 6.92 Å². The SMILES string of the molecule is C[C@@H]1CCCCCCCCC[C@H](O)C(=O)CC(SC[C@@H](O)C(=O)O)C(=O)O1. The molecule has 1 heterocycles. The molecule has 8 heteroatoms. The maximum atomic E-state index is 12.4. The van der Waals surface area contributed by atoms with E-state index in [4.69, 9.17) is 9.84 Å². The van der Waals surface area contributed by atoms with Crippen molar-refractivity contribution in [1.82, 2.24) is 0 Å². The highest BCUT2D eigenvalue weighted by Gasteiger charge is 2.29. The van der Waals surface area contributed by atoms with Gasteiger partial charge in [0, 0.05) is 12.2 Å². The number of ketones is 1. The minimum absolute atomic E-state index is 0.229. The molecular weight excluding hydrogens is 372 g/mol. The second kappa shape index (κ2) is 13.1. The summed E-state index contributed by atoms with van der Waals surface area (Å²) in [6, 6.07) is 0. The Morgan fingerprint density at radius 2 is 1.67 bits per heavy atom. The molecule has 1 saturated heterocycles. The van der Waals surface area contributed by atoms with Crippen molar-refractivity contribution in [2.45, 2.75) is 94.7 Å². The number of hydrogen-bond donors (Lipinski definition) is 3. The van der Waals surface area contributed by atoms with Gasteiger partial charge in [-0.05, 0) is 26.2 Å². The number of carbonyl (C=O) groups excluding carboxylic acids is 2. The zero-order chi connectivity index (χ0) is 20.2. The lowest BCUT2D eigenvalue weighted by Crippen LogP contribution is -2.33. The predicted molar refractivity (Wildman–Crippen MR) is 103 cm³/mol. The van der Waals surface area contributed by atoms with Gasteiger partial charge in [0.05, 0.1) is 6.10 Å². The largest absolute Gasteiger partial charge is 0.479 e. The van der Waals surface area contributed by atoms with E-state index >= 15 is 0 Å². The standard InChI is InChI=1S/C19H32O7S/c1-13-9-7-5-3-2-4-6-8-10-14(20)15(21)11-17(19(25)26-13)27-12-16(22)18(23)24/h13-14,16-17,20,22H,2-12H2,1H3,(H,23,24)/t13-,14+,16-,17?/m1/s1. The van der Waals surface area contributed by atoms with Crippen LogP contribution in [0.5, 0.6) is 0 Å². The van der Waals surface area contributed by atoms with Crippen LogP contribution >= 0.6 is 11.8 Å². The monoisotopic (exact) mass is 404 g/mol. The Balaban J connectivity index is 2.75. The molecule has 27 heavy (non-hydrogen) atoms. The van der Waals surface area contributed by atoms with Crippen molar-refractivity contribution in [3.63, 3.8) is 0 Å². The van der Waals surface area contributed by atoms with Gasteiger partial charge in [-0.3, -0.25) is 9.59 Å². The lowest BCUT2D eigenvalue weighted by molar-refractivity contribution is -0.149. The Morgan fingerprint density at radius 1 is 1.11 bits per heavy atom. The van der Waals surface area contributed by atoms with Gasteiger partial charge < -0.3 is 20.1 Å². The second-order valence-electron chi connectivity index (χ2n) is 7.16. The third-order valence-electron chi connectivity index (χ3n) is 4.67. The van der Waals surface area contributed by atoms with Crippen molar-refractivity contribution in [3.05, 3.63) is 0 Å². The van der Waals surface area contributed by atoms with Crippen LogP contribution in [-0.4, -0.2) is 62.4 Å². The minimum atomic E-state index is -1.62. The van der Waals surface area contributed by atoms with Crippen LogP contribution in [0.4, 0.5) is 0 Å². The fraction of sp³-hybridized carbons (Fsp3) is 0.842. The number of rotatable bonds is 4. The summed E-state index contributed by atoms with van der Waals surface area (Å²) in [4.78, 5) is 35.5. The number of carboxylic acids is 1. The molecule has 0 radical (unpaired) electrons. The summed E-state index contributed by atoms with van der Waals surface area (Å²) in [7, 11) is 0. The molecule has 0 aliphatic carbocycles. The summed E-state index contributed by atoms with van der Waals surface area (Å²) in [5, 5.41) is 27.3. The molecule has 0 aromatic rings. The van der Waals surface area contributed by atoms with Gasteiger partial charge in [0.1, 0.15) is 11.4 Å². The summed E-state index contributed by atoms with van der Waals surface area (Å²) in [5.41, 5.74) is 0. The normalized spacial score (nSPS) is 28.3. The number of carboxylic acid groups (broad SMARTS) is 1. The summed E-state index contributed by atoms with van der Waals surface area (Å²) in [5.74, 6) is -2.66. The van der Waals surface area contributed by atoms with Crippen LogP contribution in [0.2, 0.25) is 0 Å². The summed E-state index contributed by atoms with van der Waals surface area (Å²) >= 11 is 0.880. The van der Waals surface area contributed by atoms with Gasteiger partial charge in [0.15, 0.2) is 11.9 Å². The second-order valence-corrected chi connectivity index (χ2v) is 8.40. The molecule has 0 spiro atoms. The molecule has 156 valence electrons. The molecule has 1 fully saturated rings. The van der Waals surface area contributed by atoms with Crippen molar-refractivity contribution in [1.29, 1.82) is 0 Å². The first-order chi connectivity index (χ1) is 12.8. The zero-order valence-corrected chi connectivity index (χ0v) is 16.8. The maximum Gasteiger partial charge on any atom is 0.333 e. The molecule has 0 saturated carbocycles. The first-order valence-electron chi connectivity index (χ1n) is 9.75. The lowest BCUT2D eigenvalue weighted by atomic mass is 10.0. The van der Waals surface area contributed by atoms with Crippen LogP contribution in [0.3, 0.4) is 0 Å². The van der Waals surface area contributed by atoms with Crippen LogP contribution in [0, 0.1) is 0 Å². The van der Waals surface area contributed by atoms with Crippen LogP contribution in [0.25, 0.3) is 0 Å². The van der Waals surface area contributed by atoms with E-state index in [0.29, 0.717) is 6.42 Å². The van der Waals surface area contributed by atoms with Gasteiger partial charge in [0.25, 0.3) is 0 Å². The topological polar surface area (TPSA) is 121 Å². The maximum absolute atomic E-state index is 12.4. The number of thioether (sulfide) groups is 1. The number of ether oxygens (including phenoxy) is 1. The Hall–Kier alpha value is -1.12. The van der Waals surface area contributed by atoms with E-state index < -0.39 is 35.2 Å². The number of esters is 1. The third kappa shape index (κ3) is 10.1. The number of aliphatic hydroxyl groups is 2. The third-order valence-corrected chi connectivity index (χ3v) is 5.94. The average Bonchev–Trinajstić information content (AvgIpc) is 2.61. The Kier molecular flexibility index (Phi) is 11.6. The zero-order valence-electron chi connectivity index (χ0n) is 16.0. The number of hydrogen-bond acceptors (Lipinski definition) is 7. The van der Waals surface area contributed by atoms with Crippen LogP contribution in [-0.2, 0) is 19.1 Å². The van der Waals surface area contributed by atoms with Crippen LogP contribution in [0.1, 0.15) is 71.1 Å². The molecule has 3 N–H and O–H groups in total. The van der Waals surface area contributed by atoms with Gasteiger partial charge in [-0.2, -0.15) is 0 Å². The van der Waals surface area contributed by atoms with Crippen LogP contribution in [0.15, 0.2) is 0 Å². The quantitative estimate of drug-likeness (QED) is 0.610. The van der Waals surface area contributed by atoms with Gasteiger partial charge in [-0.25, -0.2) is 4.79 Å². The Morgan fingerprint density at radius 3 is 2.26 bits per heavy atom. The van der Waals surface area contributed by atoms with E-state index in [9.17, 15) is 24.6 Å². The van der Waals surface area contributed by atoms with Gasteiger partial charge in [0.2, 0.25) is 0 Å². The number of aliphatic hydroxyl groups excluding tert-OH is 2. The first-order valence-corrected chi connectivity index (χ1v) is 10.8. The molecule has 7 nitrogen and oxygen atoms in total. The van der Waals surface area contributed by atoms with Crippen molar-refractivity contribution in [3.8, 4) is 0 Å². The van der Waals surface area contributed by atoms with E-state index in [0.717, 1.165) is 63.1 Å². The molecule has 1 rings (SSSR count). The smallest absolute Gasteiger partial charge is 0.333 e. The highest BCUT2D eigenvalue weighted by Crippen LogP contribution is 2.22. The van der Waals surface area contributed by atoms with Crippen molar-refractivity contribution in [2.75, 3.05) is 5.75 Å². The van der Waals surface area contributed by atoms with Gasteiger partial charge >= 0.3 is 11.9 Å². The van der Waals surface area contributed by atoms with Crippen molar-refractivity contribution in [2.24, 2.45) is 0 Å². The number of carbonyl (C=O) groups is 3. The Bertz CT molecular complexity index is 483. The summed E-state index contributed by atoms with van der Waals surface area (Å²) < 4.78 is 5.42. The van der Waals surface area contributed by atoms with Gasteiger partial charge in [-0.1, -0.05) is 38.5 Å². The highest BCUT2D eigenvalue weighted by molar-refractivity contribution is 8.00. The fourth-order valence-electron chi connectivity index (χ4n) is 2.96. The Labute approximate surface area is 164 Å². The molecule has 1 aliphatic heterocycles. The number of aliphatic carboxylic acids is 1. The molecule has 0 aromatic carbocycles. The van der Waals surface area contributed by atoms with Crippen molar-refractivity contribution < 1.29 is 34.4 Å². The van der Waals surface area contributed by atoms with Gasteiger partial charge in [-0.15, -0.1) is 11.8 Å².